The molecule has 0 heterocycles. The van der Waals surface area contributed by atoms with Crippen LogP contribution < -0.4 is 10.1 Å². The second-order valence-corrected chi connectivity index (χ2v) is 6.15. The summed E-state index contributed by atoms with van der Waals surface area (Å²) < 4.78 is 18.9. The van der Waals surface area contributed by atoms with Crippen molar-refractivity contribution in [3.8, 4) is 5.75 Å². The van der Waals surface area contributed by atoms with Gasteiger partial charge in [-0.1, -0.05) is 26.3 Å². The molecule has 106 valence electrons. The third-order valence-corrected chi connectivity index (χ3v) is 4.59. The highest BCUT2D eigenvalue weighted by Gasteiger charge is 2.39. The predicted octanol–water partition coefficient (Wildman–Crippen LogP) is 3.92. The third-order valence-electron chi connectivity index (χ3n) is 4.59. The van der Waals surface area contributed by atoms with Gasteiger partial charge in [0.1, 0.15) is 0 Å². The van der Waals surface area contributed by atoms with E-state index in [0.717, 1.165) is 5.56 Å². The first kappa shape index (κ1) is 14.3. The van der Waals surface area contributed by atoms with Crippen molar-refractivity contribution in [1.29, 1.82) is 0 Å². The van der Waals surface area contributed by atoms with Crippen LogP contribution in [-0.2, 0) is 0 Å². The van der Waals surface area contributed by atoms with Gasteiger partial charge in [-0.25, -0.2) is 4.39 Å². The largest absolute Gasteiger partial charge is 0.494 e. The number of halogens is 1. The van der Waals surface area contributed by atoms with E-state index in [1.165, 1.54) is 26.4 Å². The Morgan fingerprint density at radius 1 is 1.42 bits per heavy atom. The Balaban J connectivity index is 2.29. The second kappa shape index (κ2) is 5.49. The molecule has 1 fully saturated rings. The van der Waals surface area contributed by atoms with Crippen LogP contribution in [0.5, 0.6) is 5.75 Å². The Morgan fingerprint density at radius 3 is 2.63 bits per heavy atom. The Labute approximate surface area is 115 Å². The van der Waals surface area contributed by atoms with Gasteiger partial charge in [0.2, 0.25) is 0 Å². The molecule has 1 aliphatic carbocycles. The Morgan fingerprint density at radius 2 is 2.16 bits per heavy atom. The Hall–Kier alpha value is -1.09. The van der Waals surface area contributed by atoms with Gasteiger partial charge in [-0.05, 0) is 48.9 Å². The van der Waals surface area contributed by atoms with Gasteiger partial charge in [-0.15, -0.1) is 0 Å². The highest BCUT2D eigenvalue weighted by atomic mass is 19.1. The average Bonchev–Trinajstić information content (AvgIpc) is 2.71. The molecule has 3 heteroatoms. The van der Waals surface area contributed by atoms with E-state index in [1.807, 2.05) is 13.1 Å². The molecule has 2 atom stereocenters. The second-order valence-electron chi connectivity index (χ2n) is 6.15. The maximum atomic E-state index is 13.9. The first-order valence-electron chi connectivity index (χ1n) is 7.00. The van der Waals surface area contributed by atoms with Crippen molar-refractivity contribution in [3.63, 3.8) is 0 Å². The molecule has 0 spiro atoms. The molecular formula is C16H24FNO. The van der Waals surface area contributed by atoms with Crippen molar-refractivity contribution in [2.75, 3.05) is 14.2 Å². The number of benzene rings is 1. The molecule has 0 aromatic heterocycles. The van der Waals surface area contributed by atoms with E-state index in [0.29, 0.717) is 17.1 Å². The Kier molecular flexibility index (Phi) is 4.14. The van der Waals surface area contributed by atoms with E-state index in [2.05, 4.69) is 19.2 Å². The summed E-state index contributed by atoms with van der Waals surface area (Å²) in [5, 5.41) is 3.37. The van der Waals surface area contributed by atoms with Crippen LogP contribution in [0.3, 0.4) is 0 Å². The predicted molar refractivity (Wildman–Crippen MR) is 75.9 cm³/mol. The zero-order valence-electron chi connectivity index (χ0n) is 12.3. The van der Waals surface area contributed by atoms with Gasteiger partial charge in [-0.3, -0.25) is 0 Å². The number of hydrogen-bond donors (Lipinski definition) is 1. The van der Waals surface area contributed by atoms with Gasteiger partial charge in [-0.2, -0.15) is 0 Å². The van der Waals surface area contributed by atoms with Crippen molar-refractivity contribution in [2.45, 2.75) is 39.2 Å². The zero-order valence-corrected chi connectivity index (χ0v) is 12.3. The molecule has 2 rings (SSSR count). The summed E-state index contributed by atoms with van der Waals surface area (Å²) in [6, 6.07) is 5.50. The average molecular weight is 265 g/mol. The number of nitrogens with one attached hydrogen (secondary N) is 1. The van der Waals surface area contributed by atoms with Crippen LogP contribution in [-0.4, -0.2) is 14.2 Å². The van der Waals surface area contributed by atoms with E-state index in [1.54, 1.807) is 12.1 Å². The lowest BCUT2D eigenvalue weighted by Gasteiger charge is -2.34. The highest BCUT2D eigenvalue weighted by Crippen LogP contribution is 2.48. The number of ether oxygens (including phenoxy) is 1. The van der Waals surface area contributed by atoms with Crippen LogP contribution in [0, 0.1) is 17.2 Å². The van der Waals surface area contributed by atoms with Crippen LogP contribution in [0.2, 0.25) is 0 Å². The summed E-state index contributed by atoms with van der Waals surface area (Å²) in [4.78, 5) is 0. The van der Waals surface area contributed by atoms with E-state index in [-0.39, 0.29) is 11.9 Å². The minimum absolute atomic E-state index is 0.206. The summed E-state index contributed by atoms with van der Waals surface area (Å²) in [5.41, 5.74) is 1.32. The quantitative estimate of drug-likeness (QED) is 0.891. The smallest absolute Gasteiger partial charge is 0.165 e. The molecule has 2 nitrogen and oxygen atoms in total. The normalized spacial score (nSPS) is 23.3. The lowest BCUT2D eigenvalue weighted by molar-refractivity contribution is 0.203. The standard InChI is InChI=1S/C16H24FNO/c1-16(2)9-5-6-12(16)15(18-3)11-7-8-14(19-4)13(17)10-11/h7-8,10,12,15,18H,5-6,9H2,1-4H3. The van der Waals surface area contributed by atoms with Crippen molar-refractivity contribution in [3.05, 3.63) is 29.6 Å². The highest BCUT2D eigenvalue weighted by molar-refractivity contribution is 5.31. The van der Waals surface area contributed by atoms with Crippen molar-refractivity contribution in [2.24, 2.45) is 11.3 Å². The van der Waals surface area contributed by atoms with Crippen LogP contribution in [0.15, 0.2) is 18.2 Å². The van der Waals surface area contributed by atoms with E-state index in [4.69, 9.17) is 4.74 Å². The molecule has 0 bridgehead atoms. The van der Waals surface area contributed by atoms with Crippen LogP contribution in [0.25, 0.3) is 0 Å². The monoisotopic (exact) mass is 265 g/mol. The number of methoxy groups -OCH3 is 1. The number of rotatable bonds is 4. The van der Waals surface area contributed by atoms with Crippen LogP contribution in [0.4, 0.5) is 4.39 Å². The molecule has 1 aromatic carbocycles. The van der Waals surface area contributed by atoms with Crippen LogP contribution >= 0.6 is 0 Å². The molecular weight excluding hydrogens is 241 g/mol. The van der Waals surface area contributed by atoms with Crippen molar-refractivity contribution >= 4 is 0 Å². The molecule has 1 aromatic rings. The molecule has 2 unspecified atom stereocenters. The first-order chi connectivity index (χ1) is 8.99. The van der Waals surface area contributed by atoms with Crippen molar-refractivity contribution in [1.82, 2.24) is 5.32 Å². The summed E-state index contributed by atoms with van der Waals surface area (Å²) >= 11 is 0. The molecule has 0 saturated heterocycles. The maximum absolute atomic E-state index is 13.9. The van der Waals surface area contributed by atoms with E-state index in [9.17, 15) is 4.39 Å². The van der Waals surface area contributed by atoms with Gasteiger partial charge < -0.3 is 10.1 Å². The van der Waals surface area contributed by atoms with E-state index >= 15 is 0 Å². The summed E-state index contributed by atoms with van der Waals surface area (Å²) in [7, 11) is 3.45. The topological polar surface area (TPSA) is 21.3 Å². The summed E-state index contributed by atoms with van der Waals surface area (Å²) in [6.45, 7) is 4.63. The molecule has 1 saturated carbocycles. The van der Waals surface area contributed by atoms with Gasteiger partial charge in [0.15, 0.2) is 11.6 Å². The number of hydrogen-bond acceptors (Lipinski definition) is 2. The fourth-order valence-electron chi connectivity index (χ4n) is 3.45. The fraction of sp³-hybridized carbons (Fsp3) is 0.625. The zero-order chi connectivity index (χ0) is 14.0. The minimum atomic E-state index is -0.281. The molecule has 0 radical (unpaired) electrons. The molecule has 0 amide bonds. The fourth-order valence-corrected chi connectivity index (χ4v) is 3.45. The third kappa shape index (κ3) is 2.76. The molecule has 19 heavy (non-hydrogen) atoms. The summed E-state index contributed by atoms with van der Waals surface area (Å²) in [6.07, 6.45) is 3.70. The summed E-state index contributed by atoms with van der Waals surface area (Å²) in [5.74, 6) is 0.575. The lowest BCUT2D eigenvalue weighted by Crippen LogP contribution is -2.32. The Bertz CT molecular complexity index is 444. The van der Waals surface area contributed by atoms with Gasteiger partial charge >= 0.3 is 0 Å². The van der Waals surface area contributed by atoms with Gasteiger partial charge in [0.25, 0.3) is 0 Å². The van der Waals surface area contributed by atoms with Gasteiger partial charge in [0, 0.05) is 6.04 Å². The van der Waals surface area contributed by atoms with Crippen molar-refractivity contribution < 1.29 is 9.13 Å². The van der Waals surface area contributed by atoms with Gasteiger partial charge in [0.05, 0.1) is 7.11 Å². The molecule has 1 N–H and O–H groups in total. The minimum Gasteiger partial charge on any atom is -0.494 e. The lowest BCUT2D eigenvalue weighted by atomic mass is 9.75. The van der Waals surface area contributed by atoms with E-state index < -0.39 is 0 Å². The maximum Gasteiger partial charge on any atom is 0.165 e. The molecule has 1 aliphatic rings. The van der Waals surface area contributed by atoms with Crippen LogP contribution in [0.1, 0.15) is 44.7 Å². The first-order valence-corrected chi connectivity index (χ1v) is 7.00. The SMILES string of the molecule is CNC(c1ccc(OC)c(F)c1)C1CCCC1(C)C. The molecule has 0 aliphatic heterocycles.